The van der Waals surface area contributed by atoms with Crippen LogP contribution < -0.4 is 0 Å². The molecule has 6 heteroatoms. The minimum Gasteiger partial charge on any atom is -0.462 e. The molecule has 0 aromatic carbocycles. The molecule has 0 unspecified atom stereocenters. The van der Waals surface area contributed by atoms with E-state index in [1.165, 1.54) is 77.0 Å². The van der Waals surface area contributed by atoms with Gasteiger partial charge in [0, 0.05) is 19.3 Å². The summed E-state index contributed by atoms with van der Waals surface area (Å²) in [7, 11) is 0. The van der Waals surface area contributed by atoms with Gasteiger partial charge >= 0.3 is 17.9 Å². The molecule has 0 saturated heterocycles. The lowest BCUT2D eigenvalue weighted by Gasteiger charge is -2.18. The van der Waals surface area contributed by atoms with Crippen molar-refractivity contribution in [1.29, 1.82) is 0 Å². The highest BCUT2D eigenvalue weighted by Crippen LogP contribution is 2.15. The molecule has 0 amide bonds. The van der Waals surface area contributed by atoms with E-state index in [1.54, 1.807) is 0 Å². The number of unbranched alkanes of at least 4 members (excludes halogenated alkanes) is 19. The normalized spacial score (nSPS) is 11.9. The van der Waals surface area contributed by atoms with E-state index in [0.717, 1.165) is 76.5 Å². The molecule has 1 atom stereocenters. The van der Waals surface area contributed by atoms with Gasteiger partial charge in [0.1, 0.15) is 13.2 Å². The van der Waals surface area contributed by atoms with E-state index in [2.05, 4.69) is 27.7 Å². The van der Waals surface area contributed by atoms with Crippen molar-refractivity contribution >= 4 is 17.9 Å². The van der Waals surface area contributed by atoms with Crippen LogP contribution in [0.5, 0.6) is 0 Å². The predicted molar refractivity (Wildman–Crippen MR) is 178 cm³/mol. The molecule has 0 aliphatic rings. The topological polar surface area (TPSA) is 78.9 Å². The molecule has 0 heterocycles. The lowest BCUT2D eigenvalue weighted by atomic mass is 10.0. The molecule has 0 radical (unpaired) electrons. The minimum atomic E-state index is -0.754. The molecule has 0 bridgehead atoms. The molecule has 0 aromatic heterocycles. The number of carbonyl (C=O) groups excluding carboxylic acids is 3. The highest BCUT2D eigenvalue weighted by Gasteiger charge is 2.19. The third kappa shape index (κ3) is 31.6. The van der Waals surface area contributed by atoms with E-state index in [9.17, 15) is 14.4 Å². The number of ether oxygens (including phenoxy) is 3. The van der Waals surface area contributed by atoms with Crippen molar-refractivity contribution in [2.75, 3.05) is 13.2 Å². The van der Waals surface area contributed by atoms with Crippen molar-refractivity contribution in [3.8, 4) is 0 Å². The fraction of sp³-hybridized carbons (Fsp3) is 0.919. The van der Waals surface area contributed by atoms with Gasteiger partial charge in [0.2, 0.25) is 0 Å². The van der Waals surface area contributed by atoms with Crippen LogP contribution in [-0.2, 0) is 28.6 Å². The van der Waals surface area contributed by atoms with Crippen molar-refractivity contribution < 1.29 is 28.6 Å². The van der Waals surface area contributed by atoms with Gasteiger partial charge in [0.05, 0.1) is 0 Å². The zero-order valence-corrected chi connectivity index (χ0v) is 28.9. The first-order valence-corrected chi connectivity index (χ1v) is 18.4. The molecule has 0 N–H and O–H groups in total. The summed E-state index contributed by atoms with van der Waals surface area (Å²) in [4.78, 5) is 36.9. The minimum absolute atomic E-state index is 0.0675. The molecular formula is C37H70O6. The third-order valence-corrected chi connectivity index (χ3v) is 8.04. The molecule has 254 valence electrons. The lowest BCUT2D eigenvalue weighted by Crippen LogP contribution is -2.30. The van der Waals surface area contributed by atoms with Gasteiger partial charge < -0.3 is 14.2 Å². The molecule has 0 fully saturated rings. The van der Waals surface area contributed by atoms with Gasteiger partial charge in [-0.05, 0) is 25.2 Å². The Kier molecular flexibility index (Phi) is 30.6. The molecule has 0 spiro atoms. The summed E-state index contributed by atoms with van der Waals surface area (Å²) < 4.78 is 16.4. The standard InChI is InChI=1S/C37H70O6/c1-5-7-9-19-24-28-35(38)41-31-34(43-37(40)30-26-20-10-8-6-2)32-42-36(39)29-25-22-18-16-14-12-11-13-15-17-21-23-27-33(3)4/h33-34H,5-32H2,1-4H3/t34-/m1/s1. The second-order valence-corrected chi connectivity index (χ2v) is 13.0. The number of esters is 3. The zero-order chi connectivity index (χ0) is 31.8. The zero-order valence-electron chi connectivity index (χ0n) is 28.9. The maximum absolute atomic E-state index is 12.4. The number of rotatable bonds is 32. The molecule has 43 heavy (non-hydrogen) atoms. The predicted octanol–water partition coefficient (Wildman–Crippen LogP) is 10.8. The highest BCUT2D eigenvalue weighted by atomic mass is 16.6. The van der Waals surface area contributed by atoms with Crippen LogP contribution in [0.3, 0.4) is 0 Å². The second kappa shape index (κ2) is 31.8. The van der Waals surface area contributed by atoms with Gasteiger partial charge in [-0.3, -0.25) is 14.4 Å². The van der Waals surface area contributed by atoms with Gasteiger partial charge in [0.25, 0.3) is 0 Å². The smallest absolute Gasteiger partial charge is 0.306 e. The van der Waals surface area contributed by atoms with Gasteiger partial charge in [-0.1, -0.05) is 156 Å². The first-order valence-electron chi connectivity index (χ1n) is 18.4. The van der Waals surface area contributed by atoms with Crippen LogP contribution in [0.25, 0.3) is 0 Å². The van der Waals surface area contributed by atoms with Crippen molar-refractivity contribution in [3.05, 3.63) is 0 Å². The molecule has 6 nitrogen and oxygen atoms in total. The Morgan fingerprint density at radius 3 is 1.14 bits per heavy atom. The summed E-state index contributed by atoms with van der Waals surface area (Å²) in [6.45, 7) is 8.79. The lowest BCUT2D eigenvalue weighted by molar-refractivity contribution is -0.167. The maximum Gasteiger partial charge on any atom is 0.306 e. The Morgan fingerprint density at radius 2 is 0.767 bits per heavy atom. The van der Waals surface area contributed by atoms with E-state index in [1.807, 2.05) is 0 Å². The molecule has 0 rings (SSSR count). The largest absolute Gasteiger partial charge is 0.462 e. The first-order chi connectivity index (χ1) is 20.9. The Balaban J connectivity index is 4.11. The number of hydrogen-bond donors (Lipinski definition) is 0. The van der Waals surface area contributed by atoms with E-state index >= 15 is 0 Å². The van der Waals surface area contributed by atoms with Crippen molar-refractivity contribution in [2.45, 2.75) is 201 Å². The van der Waals surface area contributed by atoms with Crippen LogP contribution in [0.1, 0.15) is 195 Å². The first kappa shape index (κ1) is 41.4. The summed E-state index contributed by atoms with van der Waals surface area (Å²) in [5.74, 6) is -0.0618. The fourth-order valence-corrected chi connectivity index (χ4v) is 5.21. The maximum atomic E-state index is 12.4. The fourth-order valence-electron chi connectivity index (χ4n) is 5.21. The molecule has 0 aromatic rings. The van der Waals surface area contributed by atoms with Gasteiger partial charge in [-0.2, -0.15) is 0 Å². The highest BCUT2D eigenvalue weighted by molar-refractivity contribution is 5.71. The molecule has 0 aliphatic carbocycles. The number of carbonyl (C=O) groups is 3. The number of hydrogen-bond acceptors (Lipinski definition) is 6. The third-order valence-electron chi connectivity index (χ3n) is 8.04. The van der Waals surface area contributed by atoms with Crippen molar-refractivity contribution in [3.63, 3.8) is 0 Å². The van der Waals surface area contributed by atoms with Crippen LogP contribution in [-0.4, -0.2) is 37.2 Å². The average molecular weight is 611 g/mol. The molecule has 0 aliphatic heterocycles. The summed E-state index contributed by atoms with van der Waals surface area (Å²) in [6.07, 6.45) is 27.2. The Hall–Kier alpha value is -1.59. The van der Waals surface area contributed by atoms with E-state index in [4.69, 9.17) is 14.2 Å². The Labute approximate surface area is 266 Å². The van der Waals surface area contributed by atoms with Crippen molar-refractivity contribution in [2.24, 2.45) is 5.92 Å². The van der Waals surface area contributed by atoms with Crippen LogP contribution >= 0.6 is 0 Å². The van der Waals surface area contributed by atoms with Crippen LogP contribution in [0.15, 0.2) is 0 Å². The SMILES string of the molecule is CCCCCCCC(=O)OC[C@H](COC(=O)CCCCCCCCCCCCCCC(C)C)OC(=O)CCCCCCC. The van der Waals surface area contributed by atoms with Crippen molar-refractivity contribution in [1.82, 2.24) is 0 Å². The van der Waals surface area contributed by atoms with Crippen LogP contribution in [0.2, 0.25) is 0 Å². The van der Waals surface area contributed by atoms with E-state index < -0.39 is 6.10 Å². The summed E-state index contributed by atoms with van der Waals surface area (Å²) >= 11 is 0. The summed E-state index contributed by atoms with van der Waals surface area (Å²) in [6, 6.07) is 0. The molecular weight excluding hydrogens is 540 g/mol. The molecule has 0 saturated carbocycles. The quantitative estimate of drug-likeness (QED) is 0.0428. The van der Waals surface area contributed by atoms with E-state index in [0.29, 0.717) is 19.3 Å². The van der Waals surface area contributed by atoms with Gasteiger partial charge in [0.15, 0.2) is 6.10 Å². The Morgan fingerprint density at radius 1 is 0.442 bits per heavy atom. The van der Waals surface area contributed by atoms with Gasteiger partial charge in [-0.25, -0.2) is 0 Å². The van der Waals surface area contributed by atoms with Crippen LogP contribution in [0.4, 0.5) is 0 Å². The van der Waals surface area contributed by atoms with E-state index in [-0.39, 0.29) is 31.1 Å². The monoisotopic (exact) mass is 611 g/mol. The summed E-state index contributed by atoms with van der Waals surface area (Å²) in [5.41, 5.74) is 0. The Bertz CT molecular complexity index is 647. The van der Waals surface area contributed by atoms with Crippen LogP contribution in [0, 0.1) is 5.92 Å². The second-order valence-electron chi connectivity index (χ2n) is 13.0. The summed E-state index contributed by atoms with van der Waals surface area (Å²) in [5, 5.41) is 0. The van der Waals surface area contributed by atoms with Gasteiger partial charge in [-0.15, -0.1) is 0 Å². The average Bonchev–Trinajstić information content (AvgIpc) is 2.98.